The van der Waals surface area contributed by atoms with Gasteiger partial charge in [-0.25, -0.2) is 17.2 Å². The first-order chi connectivity index (χ1) is 12.4. The lowest BCUT2D eigenvalue weighted by molar-refractivity contribution is -0.133. The molecule has 0 aliphatic heterocycles. The van der Waals surface area contributed by atoms with Gasteiger partial charge in [-0.2, -0.15) is 0 Å². The third kappa shape index (κ3) is 2.86. The zero-order chi connectivity index (χ0) is 18.9. The molecule has 0 radical (unpaired) electrons. The summed E-state index contributed by atoms with van der Waals surface area (Å²) >= 11 is 0. The summed E-state index contributed by atoms with van der Waals surface area (Å²) in [7, 11) is -1.25. The predicted octanol–water partition coefficient (Wildman–Crippen LogP) is 3.07. The molecule has 134 valence electrons. The summed E-state index contributed by atoms with van der Waals surface area (Å²) in [6.45, 7) is 3.71. The van der Waals surface area contributed by atoms with E-state index in [2.05, 4.69) is 6.58 Å². The molecule has 0 spiro atoms. The number of para-hydroxylation sites is 1. The highest BCUT2D eigenvalue weighted by molar-refractivity contribution is 7.90. The minimum atomic E-state index is -3.97. The zero-order valence-electron chi connectivity index (χ0n) is 14.3. The maximum absolute atomic E-state index is 13.3. The minimum Gasteiger partial charge on any atom is -0.497 e. The van der Waals surface area contributed by atoms with Crippen molar-refractivity contribution in [3.63, 3.8) is 0 Å². The molecule has 1 aromatic heterocycles. The Bertz CT molecular complexity index is 1090. The van der Waals surface area contributed by atoms with Crippen molar-refractivity contribution in [1.82, 2.24) is 3.97 Å². The number of fused-ring (bicyclic) bond motifs is 1. The highest BCUT2D eigenvalue weighted by Crippen LogP contribution is 2.30. The lowest BCUT2D eigenvalue weighted by Gasteiger charge is -2.13. The van der Waals surface area contributed by atoms with Crippen LogP contribution in [0.15, 0.2) is 66.1 Å². The van der Waals surface area contributed by atoms with Gasteiger partial charge in [-0.3, -0.25) is 0 Å². The predicted molar refractivity (Wildman–Crippen MR) is 98.6 cm³/mol. The molecular formula is C19H17NO5S. The number of rotatable bonds is 5. The molecule has 0 aliphatic rings. The van der Waals surface area contributed by atoms with Crippen LogP contribution in [0, 0.1) is 0 Å². The third-order valence-corrected chi connectivity index (χ3v) is 5.75. The average molecular weight is 371 g/mol. The van der Waals surface area contributed by atoms with E-state index in [1.54, 1.807) is 42.5 Å². The van der Waals surface area contributed by atoms with Crippen LogP contribution in [0.1, 0.15) is 5.69 Å². The number of hydrogen-bond donors (Lipinski definition) is 0. The fourth-order valence-corrected chi connectivity index (χ4v) is 4.22. The maximum atomic E-state index is 13.3. The van der Waals surface area contributed by atoms with Crippen LogP contribution < -0.4 is 4.74 Å². The van der Waals surface area contributed by atoms with Gasteiger partial charge in [-0.1, -0.05) is 24.8 Å². The van der Waals surface area contributed by atoms with E-state index in [-0.39, 0.29) is 16.2 Å². The first-order valence-electron chi connectivity index (χ1n) is 7.68. The number of hydrogen-bond acceptors (Lipinski definition) is 5. The second kappa shape index (κ2) is 6.68. The molecule has 0 unspecified atom stereocenters. The fraction of sp³-hybridized carbons (Fsp3) is 0.105. The summed E-state index contributed by atoms with van der Waals surface area (Å²) in [4.78, 5) is 12.0. The Labute approximate surface area is 151 Å². The normalized spacial score (nSPS) is 11.3. The van der Waals surface area contributed by atoms with E-state index in [4.69, 9.17) is 9.47 Å². The number of aromatic nitrogens is 1. The summed E-state index contributed by atoms with van der Waals surface area (Å²) < 4.78 is 37.4. The number of carbonyl (C=O) groups excluding carboxylic acids is 1. The van der Waals surface area contributed by atoms with Crippen LogP contribution in [0.4, 0.5) is 0 Å². The summed E-state index contributed by atoms with van der Waals surface area (Å²) in [6, 6.07) is 14.6. The molecule has 26 heavy (non-hydrogen) atoms. The topological polar surface area (TPSA) is 74.6 Å². The quantitative estimate of drug-likeness (QED) is 0.509. The largest absolute Gasteiger partial charge is 0.497 e. The van der Waals surface area contributed by atoms with Crippen molar-refractivity contribution in [1.29, 1.82) is 0 Å². The van der Waals surface area contributed by atoms with Crippen LogP contribution in [0.5, 0.6) is 5.75 Å². The molecule has 0 saturated carbocycles. The molecule has 6 nitrogen and oxygen atoms in total. The standard InChI is InChI=1S/C19H17NO5S/c1-13(19(21)25-3)18-12-14-6-4-5-7-17(14)20(18)26(22,23)16-10-8-15(24-2)9-11-16/h4-12H,1H2,2-3H3. The lowest BCUT2D eigenvalue weighted by atomic mass is 10.2. The first-order valence-corrected chi connectivity index (χ1v) is 9.12. The van der Waals surface area contributed by atoms with Gasteiger partial charge in [0.15, 0.2) is 0 Å². The minimum absolute atomic E-state index is 0.0409. The van der Waals surface area contributed by atoms with Gasteiger partial charge in [-0.15, -0.1) is 0 Å². The second-order valence-corrected chi connectivity index (χ2v) is 7.29. The van der Waals surface area contributed by atoms with Gasteiger partial charge in [0.1, 0.15) is 5.75 Å². The van der Waals surface area contributed by atoms with Crippen molar-refractivity contribution in [3.8, 4) is 5.75 Å². The number of carbonyl (C=O) groups is 1. The number of esters is 1. The molecule has 0 amide bonds. The first kappa shape index (κ1) is 17.8. The highest BCUT2D eigenvalue weighted by atomic mass is 32.2. The summed E-state index contributed by atoms with van der Waals surface area (Å²) in [5, 5.41) is 0.671. The maximum Gasteiger partial charge on any atom is 0.339 e. The van der Waals surface area contributed by atoms with E-state index in [1.165, 1.54) is 26.4 Å². The molecule has 3 rings (SSSR count). The smallest absolute Gasteiger partial charge is 0.339 e. The zero-order valence-corrected chi connectivity index (χ0v) is 15.1. The monoisotopic (exact) mass is 371 g/mol. The summed E-state index contributed by atoms with van der Waals surface area (Å²) in [6.07, 6.45) is 0. The van der Waals surface area contributed by atoms with Gasteiger partial charge in [-0.05, 0) is 36.4 Å². The number of benzene rings is 2. The van der Waals surface area contributed by atoms with Gasteiger partial charge in [0.2, 0.25) is 0 Å². The highest BCUT2D eigenvalue weighted by Gasteiger charge is 2.26. The van der Waals surface area contributed by atoms with Crippen LogP contribution in [0.25, 0.3) is 16.5 Å². The van der Waals surface area contributed by atoms with Gasteiger partial charge in [0, 0.05) is 5.39 Å². The molecule has 0 aliphatic carbocycles. The molecule has 0 saturated heterocycles. The van der Waals surface area contributed by atoms with Crippen molar-refractivity contribution in [2.45, 2.75) is 4.90 Å². The molecule has 0 fully saturated rings. The van der Waals surface area contributed by atoms with Gasteiger partial charge in [0.25, 0.3) is 10.0 Å². The number of ether oxygens (including phenoxy) is 2. The molecule has 0 N–H and O–H groups in total. The Morgan fingerprint density at radius 1 is 1.04 bits per heavy atom. The second-order valence-electron chi connectivity index (χ2n) is 5.50. The van der Waals surface area contributed by atoms with E-state index >= 15 is 0 Å². The van der Waals surface area contributed by atoms with Crippen molar-refractivity contribution in [2.24, 2.45) is 0 Å². The summed E-state index contributed by atoms with van der Waals surface area (Å²) in [5.74, 6) is -0.153. The van der Waals surface area contributed by atoms with Crippen LogP contribution >= 0.6 is 0 Å². The van der Waals surface area contributed by atoms with Crippen molar-refractivity contribution in [2.75, 3.05) is 14.2 Å². The molecule has 1 heterocycles. The van der Waals surface area contributed by atoms with Crippen molar-refractivity contribution in [3.05, 3.63) is 66.9 Å². The van der Waals surface area contributed by atoms with E-state index in [0.29, 0.717) is 16.7 Å². The Morgan fingerprint density at radius 2 is 1.69 bits per heavy atom. The van der Waals surface area contributed by atoms with Crippen LogP contribution in [-0.4, -0.2) is 32.6 Å². The average Bonchev–Trinajstić information content (AvgIpc) is 3.07. The lowest BCUT2D eigenvalue weighted by Crippen LogP contribution is -2.17. The van der Waals surface area contributed by atoms with Crippen molar-refractivity contribution >= 4 is 32.5 Å². The van der Waals surface area contributed by atoms with Gasteiger partial charge in [0.05, 0.1) is 35.9 Å². The van der Waals surface area contributed by atoms with E-state index < -0.39 is 16.0 Å². The Morgan fingerprint density at radius 3 is 2.31 bits per heavy atom. The third-order valence-electron chi connectivity index (χ3n) is 4.01. The van der Waals surface area contributed by atoms with E-state index in [9.17, 15) is 13.2 Å². The van der Waals surface area contributed by atoms with Crippen LogP contribution in [-0.2, 0) is 19.6 Å². The molecule has 0 bridgehead atoms. The molecule has 2 aromatic carbocycles. The van der Waals surface area contributed by atoms with E-state index in [0.717, 1.165) is 3.97 Å². The molecule has 3 aromatic rings. The fourth-order valence-electron chi connectivity index (χ4n) is 2.68. The Kier molecular flexibility index (Phi) is 4.56. The Hall–Kier alpha value is -3.06. The van der Waals surface area contributed by atoms with Crippen LogP contribution in [0.3, 0.4) is 0 Å². The van der Waals surface area contributed by atoms with Gasteiger partial charge >= 0.3 is 5.97 Å². The number of nitrogens with zero attached hydrogens (tertiary/aromatic N) is 1. The SMILES string of the molecule is C=C(C(=O)OC)c1cc2ccccc2n1S(=O)(=O)c1ccc(OC)cc1. The summed E-state index contributed by atoms with van der Waals surface area (Å²) in [5.41, 5.74) is 0.568. The van der Waals surface area contributed by atoms with E-state index in [1.807, 2.05) is 0 Å². The molecular weight excluding hydrogens is 354 g/mol. The molecule has 7 heteroatoms. The molecule has 0 atom stereocenters. The number of methoxy groups -OCH3 is 2. The Balaban J connectivity index is 2.27. The van der Waals surface area contributed by atoms with Crippen LogP contribution in [0.2, 0.25) is 0 Å². The van der Waals surface area contributed by atoms with Gasteiger partial charge < -0.3 is 9.47 Å². The van der Waals surface area contributed by atoms with Crippen molar-refractivity contribution < 1.29 is 22.7 Å².